The zero-order chi connectivity index (χ0) is 9.26. The topological polar surface area (TPSA) is 50.8 Å². The molecule has 0 bridgehead atoms. The van der Waals surface area contributed by atoms with Crippen LogP contribution in [0.25, 0.3) is 0 Å². The van der Waals surface area contributed by atoms with Crippen LogP contribution in [0.1, 0.15) is 0 Å². The number of hydrogen-bond acceptors (Lipinski definition) is 5. The molecule has 0 aromatic rings. The van der Waals surface area contributed by atoms with Gasteiger partial charge >= 0.3 is 0 Å². The summed E-state index contributed by atoms with van der Waals surface area (Å²) in [5.41, 5.74) is 3.00. The number of aliphatic hydroxyl groups is 1. The molecule has 0 atom stereocenters. The van der Waals surface area contributed by atoms with Crippen LogP contribution in [0.4, 0.5) is 0 Å². The first-order chi connectivity index (χ1) is 6.31. The Morgan fingerprint density at radius 3 is 3.08 bits per heavy atom. The van der Waals surface area contributed by atoms with Crippen molar-refractivity contribution in [2.24, 2.45) is 0 Å². The van der Waals surface area contributed by atoms with Crippen LogP contribution in [0.2, 0.25) is 0 Å². The van der Waals surface area contributed by atoms with Gasteiger partial charge in [-0.2, -0.15) is 0 Å². The summed E-state index contributed by atoms with van der Waals surface area (Å²) in [6, 6.07) is 0. The van der Waals surface area contributed by atoms with Gasteiger partial charge < -0.3 is 10.4 Å². The van der Waals surface area contributed by atoms with E-state index >= 15 is 0 Å². The fourth-order valence-electron chi connectivity index (χ4n) is 1.18. The largest absolute Gasteiger partial charge is 0.394 e. The first-order valence-corrected chi connectivity index (χ1v) is 4.35. The second-order valence-corrected chi connectivity index (χ2v) is 3.10. The number of aliphatic hydroxyl groups excluding tert-OH is 1. The molecule has 3 N–H and O–H groups in total. The van der Waals surface area contributed by atoms with E-state index in [0.717, 1.165) is 5.82 Å². The first kappa shape index (κ1) is 8.49. The molecular formula is C7H10N4OS. The van der Waals surface area contributed by atoms with Crippen molar-refractivity contribution in [2.45, 2.75) is 0 Å². The van der Waals surface area contributed by atoms with Gasteiger partial charge in [-0.05, 0) is 6.08 Å². The fraction of sp³-hybridized carbons (Fsp3) is 0.286. The highest BCUT2D eigenvalue weighted by molar-refractivity contribution is 7.80. The molecule has 2 aliphatic rings. The van der Waals surface area contributed by atoms with Crippen LogP contribution in [0.15, 0.2) is 24.3 Å². The lowest BCUT2D eigenvalue weighted by molar-refractivity contribution is 0.152. The third kappa shape index (κ3) is 1.51. The maximum atomic E-state index is 8.73. The number of thiocarbonyl (C=S) groups is 1. The van der Waals surface area contributed by atoms with Crippen LogP contribution in [-0.2, 0) is 0 Å². The SMILES string of the molecule is OCCN1C=C2NC=CC(=S)N2N1. The predicted molar refractivity (Wildman–Crippen MR) is 51.7 cm³/mol. The molecule has 2 rings (SSSR count). The van der Waals surface area contributed by atoms with Crippen LogP contribution >= 0.6 is 12.2 Å². The van der Waals surface area contributed by atoms with Crippen molar-refractivity contribution in [3.63, 3.8) is 0 Å². The monoisotopic (exact) mass is 198 g/mol. The van der Waals surface area contributed by atoms with Crippen molar-refractivity contribution in [2.75, 3.05) is 13.2 Å². The standard InChI is InChI=1S/C7H10N4OS/c12-4-3-10-5-6-8-2-1-7(13)11(6)9-10/h1-2,5,8-9,12H,3-4H2. The second kappa shape index (κ2) is 3.33. The van der Waals surface area contributed by atoms with Gasteiger partial charge in [0.15, 0.2) is 0 Å². The Morgan fingerprint density at radius 2 is 2.38 bits per heavy atom. The molecule has 0 saturated heterocycles. The highest BCUT2D eigenvalue weighted by atomic mass is 32.1. The Kier molecular flexibility index (Phi) is 2.17. The number of nitrogens with one attached hydrogen (secondary N) is 2. The van der Waals surface area contributed by atoms with E-state index in [1.54, 1.807) is 22.3 Å². The van der Waals surface area contributed by atoms with Crippen molar-refractivity contribution in [1.29, 1.82) is 0 Å². The van der Waals surface area contributed by atoms with Crippen LogP contribution < -0.4 is 10.9 Å². The number of hydrazine groups is 2. The third-order valence-electron chi connectivity index (χ3n) is 1.77. The van der Waals surface area contributed by atoms with Crippen molar-refractivity contribution in [1.82, 2.24) is 20.9 Å². The Balaban J connectivity index is 2.10. The highest BCUT2D eigenvalue weighted by Gasteiger charge is 2.23. The quantitative estimate of drug-likeness (QED) is 0.508. The smallest absolute Gasteiger partial charge is 0.145 e. The number of rotatable bonds is 2. The number of fused-ring (bicyclic) bond motifs is 1. The summed E-state index contributed by atoms with van der Waals surface area (Å²) in [5, 5.41) is 15.3. The molecule has 0 fully saturated rings. The molecule has 13 heavy (non-hydrogen) atoms. The summed E-state index contributed by atoms with van der Waals surface area (Å²) < 4.78 is 0. The average Bonchev–Trinajstić information content (AvgIpc) is 2.49. The zero-order valence-electron chi connectivity index (χ0n) is 6.90. The van der Waals surface area contributed by atoms with Gasteiger partial charge in [0.25, 0.3) is 0 Å². The van der Waals surface area contributed by atoms with Gasteiger partial charge in [-0.3, -0.25) is 5.01 Å². The molecule has 0 unspecified atom stereocenters. The number of β-amino-alcohol motifs (C(OH)–C–C–N with tert-alkyl or cyclic N) is 1. The molecule has 0 radical (unpaired) electrons. The fourth-order valence-corrected chi connectivity index (χ4v) is 1.39. The van der Waals surface area contributed by atoms with Gasteiger partial charge in [-0.15, -0.1) is 5.53 Å². The average molecular weight is 198 g/mol. The van der Waals surface area contributed by atoms with Gasteiger partial charge in [-0.1, -0.05) is 12.2 Å². The minimum atomic E-state index is 0.102. The first-order valence-electron chi connectivity index (χ1n) is 3.94. The molecular weight excluding hydrogens is 188 g/mol. The Labute approximate surface area is 81.3 Å². The Bertz CT molecular complexity index is 288. The molecule has 0 spiro atoms. The molecule has 0 amide bonds. The van der Waals surface area contributed by atoms with Gasteiger partial charge in [0, 0.05) is 6.20 Å². The van der Waals surface area contributed by atoms with E-state index in [1.165, 1.54) is 0 Å². The van der Waals surface area contributed by atoms with E-state index in [4.69, 9.17) is 17.3 Å². The van der Waals surface area contributed by atoms with Gasteiger partial charge in [0.2, 0.25) is 0 Å². The normalized spacial score (nSPS) is 20.1. The molecule has 0 aliphatic carbocycles. The molecule has 2 heterocycles. The number of hydrogen-bond donors (Lipinski definition) is 3. The minimum Gasteiger partial charge on any atom is -0.394 e. The lowest BCUT2D eigenvalue weighted by atomic mass is 10.5. The molecule has 5 nitrogen and oxygen atoms in total. The summed E-state index contributed by atoms with van der Waals surface area (Å²) >= 11 is 5.09. The lowest BCUT2D eigenvalue weighted by Gasteiger charge is -2.25. The van der Waals surface area contributed by atoms with Gasteiger partial charge in [0.1, 0.15) is 10.8 Å². The van der Waals surface area contributed by atoms with Crippen LogP contribution in [-0.4, -0.2) is 33.3 Å². The maximum absolute atomic E-state index is 8.73. The Morgan fingerprint density at radius 1 is 1.54 bits per heavy atom. The predicted octanol–water partition coefficient (Wildman–Crippen LogP) is -0.741. The van der Waals surface area contributed by atoms with E-state index in [-0.39, 0.29) is 6.61 Å². The van der Waals surface area contributed by atoms with Crippen LogP contribution in [0, 0.1) is 0 Å². The third-order valence-corrected chi connectivity index (χ3v) is 2.08. The lowest BCUT2D eigenvalue weighted by Crippen LogP contribution is -2.46. The van der Waals surface area contributed by atoms with Crippen molar-refractivity contribution in [3.05, 3.63) is 24.3 Å². The molecule has 0 aromatic heterocycles. The summed E-state index contributed by atoms with van der Waals surface area (Å²) in [5.74, 6) is 0.876. The molecule has 70 valence electrons. The zero-order valence-corrected chi connectivity index (χ0v) is 7.71. The van der Waals surface area contributed by atoms with E-state index in [1.807, 2.05) is 6.20 Å². The second-order valence-electron chi connectivity index (χ2n) is 2.68. The van der Waals surface area contributed by atoms with E-state index < -0.39 is 0 Å². The van der Waals surface area contributed by atoms with E-state index in [2.05, 4.69) is 10.9 Å². The summed E-state index contributed by atoms with van der Waals surface area (Å²) in [6.07, 6.45) is 5.43. The summed E-state index contributed by atoms with van der Waals surface area (Å²) in [7, 11) is 0. The van der Waals surface area contributed by atoms with Crippen molar-refractivity contribution < 1.29 is 5.11 Å². The van der Waals surface area contributed by atoms with Crippen LogP contribution in [0.5, 0.6) is 0 Å². The van der Waals surface area contributed by atoms with E-state index in [0.29, 0.717) is 11.5 Å². The molecule has 6 heteroatoms. The minimum absolute atomic E-state index is 0.102. The summed E-state index contributed by atoms with van der Waals surface area (Å²) in [4.78, 5) is 0.699. The van der Waals surface area contributed by atoms with Gasteiger partial charge in [0.05, 0.1) is 19.4 Å². The summed E-state index contributed by atoms with van der Waals surface area (Å²) in [6.45, 7) is 0.634. The highest BCUT2D eigenvalue weighted by Crippen LogP contribution is 2.12. The van der Waals surface area contributed by atoms with Crippen molar-refractivity contribution >= 4 is 17.2 Å². The van der Waals surface area contributed by atoms with Crippen LogP contribution in [0.3, 0.4) is 0 Å². The number of nitrogens with zero attached hydrogens (tertiary/aromatic N) is 2. The molecule has 0 aromatic carbocycles. The Hall–Kier alpha value is -1.11. The molecule has 0 saturated carbocycles. The maximum Gasteiger partial charge on any atom is 0.145 e. The van der Waals surface area contributed by atoms with E-state index in [9.17, 15) is 0 Å². The molecule has 2 aliphatic heterocycles. The van der Waals surface area contributed by atoms with Crippen molar-refractivity contribution in [3.8, 4) is 0 Å². The van der Waals surface area contributed by atoms with Gasteiger partial charge in [-0.25, -0.2) is 5.01 Å².